The molecule has 0 spiro atoms. The normalized spacial score (nSPS) is 11.6. The van der Waals surface area contributed by atoms with E-state index in [0.29, 0.717) is 32.6 Å². The Bertz CT molecular complexity index is 1570. The van der Waals surface area contributed by atoms with Crippen molar-refractivity contribution in [2.75, 3.05) is 0 Å². The van der Waals surface area contributed by atoms with Crippen LogP contribution in [-0.4, -0.2) is 44.4 Å². The molecule has 2 N–H and O–H groups in total. The molecule has 0 heterocycles. The van der Waals surface area contributed by atoms with Crippen LogP contribution in [-0.2, 0) is 30.4 Å². The van der Waals surface area contributed by atoms with E-state index in [2.05, 4.69) is 0 Å². The molecule has 0 aliphatic carbocycles. The first-order valence-corrected chi connectivity index (χ1v) is 16.3. The predicted octanol–water partition coefficient (Wildman–Crippen LogP) is -7.81. The van der Waals surface area contributed by atoms with E-state index in [-0.39, 0.29) is 111 Å². The van der Waals surface area contributed by atoms with Crippen LogP contribution in [0.2, 0.25) is 0 Å². The van der Waals surface area contributed by atoms with Gasteiger partial charge in [-0.25, -0.2) is 25.3 Å². The molecule has 3 aromatic rings. The standard InChI is InChI=1S/C24H27O9PS3.3Na.H2O/c1-13-7-16(4)22(35(25,26)27)10-19(13)34(20-11-23(36(28,29)30)17(5)8-14(20)2)21-12-24(37(31,32)33)18(6)9-15(21)3;;;;/h7-12H,1-6H3,(H,25,26,27)(H,28,29,30)(H,31,32,33);;;;1H2/q;3*+1;/p-3. The van der Waals surface area contributed by atoms with Crippen LogP contribution in [0.15, 0.2) is 51.1 Å². The van der Waals surface area contributed by atoms with Crippen LogP contribution in [0, 0.1) is 41.5 Å². The van der Waals surface area contributed by atoms with Crippen molar-refractivity contribution < 1.29 is 133 Å². The Morgan fingerprint density at radius 2 is 0.634 bits per heavy atom. The maximum absolute atomic E-state index is 12.0. The molecule has 0 atom stereocenters. The van der Waals surface area contributed by atoms with Crippen molar-refractivity contribution >= 4 is 54.2 Å². The maximum Gasteiger partial charge on any atom is 1.00 e. The van der Waals surface area contributed by atoms with Crippen LogP contribution >= 0.6 is 7.92 Å². The summed E-state index contributed by atoms with van der Waals surface area (Å²) in [6, 6.07) is 8.10. The molecule has 0 amide bonds. The van der Waals surface area contributed by atoms with Crippen LogP contribution in [0.5, 0.6) is 0 Å². The average molecular weight is 671 g/mol. The summed E-state index contributed by atoms with van der Waals surface area (Å²) < 4.78 is 108. The van der Waals surface area contributed by atoms with Gasteiger partial charge in [-0.2, -0.15) is 0 Å². The molecule has 0 aliphatic heterocycles. The van der Waals surface area contributed by atoms with Crippen molar-refractivity contribution in [3.05, 3.63) is 69.8 Å². The first-order valence-electron chi connectivity index (χ1n) is 10.7. The van der Waals surface area contributed by atoms with E-state index in [4.69, 9.17) is 0 Å². The van der Waals surface area contributed by atoms with E-state index < -0.39 is 53.0 Å². The molecule has 10 nitrogen and oxygen atoms in total. The minimum atomic E-state index is -4.90. The van der Waals surface area contributed by atoms with Gasteiger partial charge in [-0.3, -0.25) is 0 Å². The Morgan fingerprint density at radius 3 is 0.805 bits per heavy atom. The second kappa shape index (κ2) is 15.9. The molecule has 0 aliphatic rings. The third kappa shape index (κ3) is 9.88. The number of hydrogen-bond acceptors (Lipinski definition) is 9. The van der Waals surface area contributed by atoms with Crippen molar-refractivity contribution in [1.82, 2.24) is 0 Å². The molecular weight excluding hydrogens is 644 g/mol. The molecule has 0 fully saturated rings. The molecule has 3 rings (SSSR count). The zero-order valence-electron chi connectivity index (χ0n) is 24.3. The Labute approximate surface area is 309 Å². The Kier molecular flexibility index (Phi) is 17.0. The van der Waals surface area contributed by atoms with Gasteiger partial charge in [0, 0.05) is 0 Å². The monoisotopic (exact) mass is 670 g/mol. The Hall–Kier alpha value is 0.780. The summed E-state index contributed by atoms with van der Waals surface area (Å²) in [6.07, 6.45) is 0. The van der Waals surface area contributed by atoms with Crippen molar-refractivity contribution in [3.63, 3.8) is 0 Å². The van der Waals surface area contributed by atoms with Gasteiger partial charge in [0.05, 0.1) is 14.7 Å². The quantitative estimate of drug-likeness (QED) is 0.139. The summed E-state index contributed by atoms with van der Waals surface area (Å²) in [5, 5.41) is 0.993. The van der Waals surface area contributed by atoms with Crippen LogP contribution in [0.3, 0.4) is 0 Å². The smallest absolute Gasteiger partial charge is 0.744 e. The van der Waals surface area contributed by atoms with Crippen LogP contribution in [0.4, 0.5) is 0 Å². The van der Waals surface area contributed by atoms with Gasteiger partial charge in [-0.1, -0.05) is 18.2 Å². The molecular formula is C24H26Na3O10PS3. The van der Waals surface area contributed by atoms with Crippen LogP contribution in [0.1, 0.15) is 33.4 Å². The third-order valence-corrected chi connectivity index (χ3v) is 11.8. The summed E-state index contributed by atoms with van der Waals surface area (Å²) >= 11 is 0. The second-order valence-electron chi connectivity index (χ2n) is 8.91. The second-order valence-corrected chi connectivity index (χ2v) is 15.1. The zero-order chi connectivity index (χ0) is 28.2. The van der Waals surface area contributed by atoms with E-state index >= 15 is 0 Å². The summed E-state index contributed by atoms with van der Waals surface area (Å²) in [4.78, 5) is -1.45. The minimum absolute atomic E-state index is 0. The average Bonchev–Trinajstić information content (AvgIpc) is 2.69. The van der Waals surface area contributed by atoms with E-state index in [1.54, 1.807) is 20.8 Å². The molecule has 208 valence electrons. The first kappa shape index (κ1) is 43.9. The van der Waals surface area contributed by atoms with Crippen LogP contribution in [0.25, 0.3) is 0 Å². The van der Waals surface area contributed by atoms with E-state index in [9.17, 15) is 38.9 Å². The molecule has 0 saturated carbocycles. The fraction of sp³-hybridized carbons (Fsp3) is 0.250. The number of hydrogen-bond donors (Lipinski definition) is 0. The summed E-state index contributed by atoms with van der Waals surface area (Å²) in [6.45, 7) is 9.39. The van der Waals surface area contributed by atoms with E-state index in [1.165, 1.54) is 57.2 Å². The van der Waals surface area contributed by atoms with Crippen molar-refractivity contribution in [2.45, 2.75) is 56.2 Å². The topological polar surface area (TPSA) is 203 Å². The largest absolute Gasteiger partial charge is 1.00 e. The summed E-state index contributed by atoms with van der Waals surface area (Å²) in [5.74, 6) is 0. The first-order chi connectivity index (χ1) is 16.7. The molecule has 0 saturated heterocycles. The van der Waals surface area contributed by atoms with Gasteiger partial charge in [-0.15, -0.1) is 0 Å². The van der Waals surface area contributed by atoms with Crippen molar-refractivity contribution in [2.24, 2.45) is 0 Å². The molecule has 41 heavy (non-hydrogen) atoms. The van der Waals surface area contributed by atoms with Gasteiger partial charge < -0.3 is 19.1 Å². The Balaban J connectivity index is 0. The molecule has 0 bridgehead atoms. The van der Waals surface area contributed by atoms with Gasteiger partial charge in [0.25, 0.3) is 0 Å². The SMILES string of the molecule is Cc1cc(C)c(S(=O)(=O)[O-])cc1P(c1cc(S(=O)(=O)[O-])c(C)cc1C)c1cc(S(=O)(=O)[O-])c(C)cc1C.O.[Na+].[Na+].[Na+]. The zero-order valence-corrected chi connectivity index (χ0v) is 33.7. The molecule has 0 aromatic heterocycles. The van der Waals surface area contributed by atoms with Gasteiger partial charge >= 0.3 is 88.7 Å². The molecule has 0 radical (unpaired) electrons. The fourth-order valence-electron chi connectivity index (χ4n) is 4.39. The van der Waals surface area contributed by atoms with Gasteiger partial charge in [0.1, 0.15) is 30.4 Å². The molecule has 3 aromatic carbocycles. The van der Waals surface area contributed by atoms with Gasteiger partial charge in [-0.05, 0) is 117 Å². The molecule has 17 heteroatoms. The summed E-state index contributed by atoms with van der Waals surface area (Å²) in [5.41, 5.74) is 2.27. The fourth-order valence-corrected chi connectivity index (χ4v) is 9.60. The third-order valence-electron chi connectivity index (χ3n) is 6.01. The Morgan fingerprint density at radius 1 is 0.439 bits per heavy atom. The van der Waals surface area contributed by atoms with Gasteiger partial charge in [0.2, 0.25) is 0 Å². The predicted molar refractivity (Wildman–Crippen MR) is 141 cm³/mol. The number of benzene rings is 3. The van der Waals surface area contributed by atoms with Gasteiger partial charge in [0.15, 0.2) is 0 Å². The van der Waals surface area contributed by atoms with E-state index in [1.807, 2.05) is 0 Å². The van der Waals surface area contributed by atoms with Crippen LogP contribution < -0.4 is 105 Å². The van der Waals surface area contributed by atoms with Crippen molar-refractivity contribution in [1.29, 1.82) is 0 Å². The number of rotatable bonds is 6. The molecule has 0 unspecified atom stereocenters. The minimum Gasteiger partial charge on any atom is -0.744 e. The summed E-state index contributed by atoms with van der Waals surface area (Å²) in [7, 11) is -16.6. The van der Waals surface area contributed by atoms with E-state index in [0.717, 1.165) is 0 Å². The van der Waals surface area contributed by atoms with Crippen molar-refractivity contribution in [3.8, 4) is 0 Å². The maximum atomic E-state index is 12.0. The number of aryl methyl sites for hydroxylation is 6.